The summed E-state index contributed by atoms with van der Waals surface area (Å²) in [7, 11) is 2.03. The average molecular weight is 266 g/mol. The molecule has 1 fully saturated rings. The Kier molecular flexibility index (Phi) is 4.91. The molecule has 0 aromatic heterocycles. The minimum Gasteiger partial charge on any atom is -0.377 e. The van der Waals surface area contributed by atoms with E-state index in [0.717, 1.165) is 37.1 Å². The van der Waals surface area contributed by atoms with Gasteiger partial charge in [0, 0.05) is 25.7 Å². The highest BCUT2D eigenvalue weighted by molar-refractivity contribution is 5.30. The molecule has 2 atom stereocenters. The van der Waals surface area contributed by atoms with Gasteiger partial charge in [-0.25, -0.2) is 4.39 Å². The van der Waals surface area contributed by atoms with Gasteiger partial charge in [0.2, 0.25) is 0 Å². The first-order chi connectivity index (χ1) is 9.11. The molecular weight excluding hydrogens is 243 g/mol. The summed E-state index contributed by atoms with van der Waals surface area (Å²) in [6.07, 6.45) is 2.52. The molecular formula is C15H23FN2O. The predicted molar refractivity (Wildman–Crippen MR) is 74.5 cm³/mol. The van der Waals surface area contributed by atoms with E-state index in [1.165, 1.54) is 6.07 Å². The maximum atomic E-state index is 13.4. The molecule has 2 unspecified atom stereocenters. The molecule has 2 rings (SSSR count). The van der Waals surface area contributed by atoms with Crippen LogP contribution in [0.5, 0.6) is 0 Å². The Bertz CT molecular complexity index is 419. The lowest BCUT2D eigenvalue weighted by Gasteiger charge is -2.30. The molecule has 1 aromatic rings. The van der Waals surface area contributed by atoms with Crippen molar-refractivity contribution in [1.82, 2.24) is 4.90 Å². The molecule has 0 amide bonds. The van der Waals surface area contributed by atoms with Crippen molar-refractivity contribution < 1.29 is 9.13 Å². The molecule has 1 saturated heterocycles. The number of ether oxygens (including phenoxy) is 1. The van der Waals surface area contributed by atoms with Crippen LogP contribution in [0.4, 0.5) is 4.39 Å². The molecule has 106 valence electrons. The Morgan fingerprint density at radius 1 is 1.53 bits per heavy atom. The summed E-state index contributed by atoms with van der Waals surface area (Å²) in [6.45, 7) is 4.17. The zero-order valence-corrected chi connectivity index (χ0v) is 11.7. The van der Waals surface area contributed by atoms with Crippen LogP contribution in [-0.4, -0.2) is 37.7 Å². The van der Waals surface area contributed by atoms with Gasteiger partial charge in [0.25, 0.3) is 0 Å². The minimum absolute atomic E-state index is 0.0416. The Morgan fingerprint density at radius 3 is 2.95 bits per heavy atom. The van der Waals surface area contributed by atoms with Crippen molar-refractivity contribution in [2.45, 2.75) is 31.9 Å². The summed E-state index contributed by atoms with van der Waals surface area (Å²) in [5.41, 5.74) is 7.95. The lowest BCUT2D eigenvalue weighted by Crippen LogP contribution is -2.36. The third-order valence-electron chi connectivity index (χ3n) is 3.87. The summed E-state index contributed by atoms with van der Waals surface area (Å²) in [5.74, 6) is -0.204. The van der Waals surface area contributed by atoms with Gasteiger partial charge in [-0.15, -0.1) is 0 Å². The number of nitrogens with two attached hydrogens (primary N) is 1. The van der Waals surface area contributed by atoms with Gasteiger partial charge < -0.3 is 10.5 Å². The summed E-state index contributed by atoms with van der Waals surface area (Å²) in [6, 6.07) is 4.94. The number of aryl methyl sites for hydroxylation is 1. The van der Waals surface area contributed by atoms with Crippen molar-refractivity contribution in [3.8, 4) is 0 Å². The van der Waals surface area contributed by atoms with Crippen molar-refractivity contribution in [1.29, 1.82) is 0 Å². The van der Waals surface area contributed by atoms with Crippen LogP contribution in [0.3, 0.4) is 0 Å². The summed E-state index contributed by atoms with van der Waals surface area (Å²) in [5, 5.41) is 0. The Labute approximate surface area is 114 Å². The second-order valence-corrected chi connectivity index (χ2v) is 5.33. The monoisotopic (exact) mass is 266 g/mol. The predicted octanol–water partition coefficient (Wildman–Crippen LogP) is 2.24. The minimum atomic E-state index is -0.204. The molecule has 1 heterocycles. The zero-order chi connectivity index (χ0) is 13.8. The van der Waals surface area contributed by atoms with Crippen LogP contribution in [0, 0.1) is 12.7 Å². The summed E-state index contributed by atoms with van der Waals surface area (Å²) < 4.78 is 19.1. The molecule has 1 aliphatic rings. The fourth-order valence-corrected chi connectivity index (χ4v) is 2.75. The number of benzene rings is 1. The second kappa shape index (κ2) is 6.46. The van der Waals surface area contributed by atoms with E-state index < -0.39 is 0 Å². The SMILES string of the molecule is Cc1ccc(F)cc1C(CN)N(C)CC1CCCO1. The van der Waals surface area contributed by atoms with Gasteiger partial charge in [-0.3, -0.25) is 4.90 Å². The molecule has 0 spiro atoms. The van der Waals surface area contributed by atoms with Gasteiger partial charge in [0.05, 0.1) is 6.10 Å². The van der Waals surface area contributed by atoms with Crippen LogP contribution < -0.4 is 5.73 Å². The van der Waals surface area contributed by atoms with Gasteiger partial charge in [-0.1, -0.05) is 6.07 Å². The van der Waals surface area contributed by atoms with Crippen LogP contribution in [0.25, 0.3) is 0 Å². The third-order valence-corrected chi connectivity index (χ3v) is 3.87. The molecule has 2 N–H and O–H groups in total. The maximum Gasteiger partial charge on any atom is 0.123 e. The summed E-state index contributed by atoms with van der Waals surface area (Å²) >= 11 is 0. The van der Waals surface area contributed by atoms with Gasteiger partial charge in [-0.2, -0.15) is 0 Å². The molecule has 0 bridgehead atoms. The van der Waals surface area contributed by atoms with Crippen LogP contribution >= 0.6 is 0 Å². The van der Waals surface area contributed by atoms with E-state index in [0.29, 0.717) is 6.54 Å². The topological polar surface area (TPSA) is 38.5 Å². The van der Waals surface area contributed by atoms with Crippen molar-refractivity contribution >= 4 is 0 Å². The van der Waals surface area contributed by atoms with Crippen LogP contribution in [0.2, 0.25) is 0 Å². The Balaban J connectivity index is 2.11. The van der Waals surface area contributed by atoms with Crippen molar-refractivity contribution in [2.24, 2.45) is 5.73 Å². The van der Waals surface area contributed by atoms with E-state index in [4.69, 9.17) is 10.5 Å². The van der Waals surface area contributed by atoms with Gasteiger partial charge in [0.15, 0.2) is 0 Å². The Morgan fingerprint density at radius 2 is 2.32 bits per heavy atom. The van der Waals surface area contributed by atoms with Gasteiger partial charge in [-0.05, 0) is 50.1 Å². The molecule has 0 radical (unpaired) electrons. The van der Waals surface area contributed by atoms with E-state index in [2.05, 4.69) is 4.90 Å². The smallest absolute Gasteiger partial charge is 0.123 e. The molecule has 4 heteroatoms. The van der Waals surface area contributed by atoms with Crippen LogP contribution in [0.15, 0.2) is 18.2 Å². The highest BCUT2D eigenvalue weighted by Crippen LogP contribution is 2.24. The Hall–Kier alpha value is -0.970. The van der Waals surface area contributed by atoms with Crippen molar-refractivity contribution in [2.75, 3.05) is 26.7 Å². The number of nitrogens with zero attached hydrogens (tertiary/aromatic N) is 1. The van der Waals surface area contributed by atoms with Gasteiger partial charge >= 0.3 is 0 Å². The van der Waals surface area contributed by atoms with Crippen molar-refractivity contribution in [3.63, 3.8) is 0 Å². The maximum absolute atomic E-state index is 13.4. The zero-order valence-electron chi connectivity index (χ0n) is 11.7. The highest BCUT2D eigenvalue weighted by atomic mass is 19.1. The first-order valence-electron chi connectivity index (χ1n) is 6.89. The number of hydrogen-bond donors (Lipinski definition) is 1. The number of rotatable bonds is 5. The molecule has 1 aliphatic heterocycles. The number of halogens is 1. The standard InChI is InChI=1S/C15H23FN2O/c1-11-5-6-12(16)8-14(11)15(9-17)18(2)10-13-4-3-7-19-13/h5-6,8,13,15H,3-4,7,9-10,17H2,1-2H3. The molecule has 0 saturated carbocycles. The molecule has 19 heavy (non-hydrogen) atoms. The van der Waals surface area contributed by atoms with E-state index >= 15 is 0 Å². The first-order valence-corrected chi connectivity index (χ1v) is 6.89. The highest BCUT2D eigenvalue weighted by Gasteiger charge is 2.23. The lowest BCUT2D eigenvalue weighted by molar-refractivity contribution is 0.0688. The van der Waals surface area contributed by atoms with Gasteiger partial charge in [0.1, 0.15) is 5.82 Å². The first kappa shape index (κ1) is 14.4. The quantitative estimate of drug-likeness (QED) is 0.888. The average Bonchev–Trinajstić information content (AvgIpc) is 2.87. The van der Waals surface area contributed by atoms with E-state index in [1.54, 1.807) is 6.07 Å². The number of likely N-dealkylation sites (N-methyl/N-ethyl adjacent to an activating group) is 1. The van der Waals surface area contributed by atoms with E-state index in [9.17, 15) is 4.39 Å². The van der Waals surface area contributed by atoms with E-state index in [-0.39, 0.29) is 18.0 Å². The number of hydrogen-bond acceptors (Lipinski definition) is 3. The molecule has 0 aliphatic carbocycles. The molecule has 3 nitrogen and oxygen atoms in total. The second-order valence-electron chi connectivity index (χ2n) is 5.33. The fraction of sp³-hybridized carbons (Fsp3) is 0.600. The van der Waals surface area contributed by atoms with Crippen LogP contribution in [-0.2, 0) is 4.74 Å². The third kappa shape index (κ3) is 3.53. The van der Waals surface area contributed by atoms with Crippen LogP contribution in [0.1, 0.15) is 30.0 Å². The lowest BCUT2D eigenvalue weighted by atomic mass is 9.99. The largest absolute Gasteiger partial charge is 0.377 e. The fourth-order valence-electron chi connectivity index (χ4n) is 2.75. The van der Waals surface area contributed by atoms with Crippen molar-refractivity contribution in [3.05, 3.63) is 35.1 Å². The molecule has 1 aromatic carbocycles. The normalized spacial score (nSPS) is 21.0. The summed E-state index contributed by atoms with van der Waals surface area (Å²) in [4.78, 5) is 2.18. The van der Waals surface area contributed by atoms with E-state index in [1.807, 2.05) is 20.0 Å².